The van der Waals surface area contributed by atoms with E-state index in [4.69, 9.17) is 0 Å². The van der Waals surface area contributed by atoms with Gasteiger partial charge in [-0.1, -0.05) is 15.9 Å². The molecule has 7 heteroatoms. The molecule has 0 bridgehead atoms. The Labute approximate surface area is 123 Å². The smallest absolute Gasteiger partial charge is 0.244 e. The molecule has 1 aliphatic rings. The van der Waals surface area contributed by atoms with Crippen molar-refractivity contribution in [1.29, 1.82) is 0 Å². The fourth-order valence-corrected chi connectivity index (χ4v) is 5.20. The van der Waals surface area contributed by atoms with Crippen molar-refractivity contribution in [1.82, 2.24) is 4.31 Å². The monoisotopic (exact) mass is 397 g/mol. The summed E-state index contributed by atoms with van der Waals surface area (Å²) in [6.07, 6.45) is 0.459. The first-order chi connectivity index (χ1) is 8.22. The van der Waals surface area contributed by atoms with E-state index < -0.39 is 15.6 Å². The molecular formula is C11H13Br2NO3S. The van der Waals surface area contributed by atoms with Crippen molar-refractivity contribution in [2.24, 2.45) is 0 Å². The van der Waals surface area contributed by atoms with Crippen LogP contribution in [0.15, 0.2) is 32.0 Å². The van der Waals surface area contributed by atoms with Crippen LogP contribution in [0.2, 0.25) is 0 Å². The van der Waals surface area contributed by atoms with Gasteiger partial charge in [-0.05, 0) is 47.5 Å². The molecule has 1 atom stereocenters. The number of β-amino-alcohol motifs (C(OH)–C–C–N with tert-alkyl or cyclic N) is 1. The molecule has 0 aromatic heterocycles. The first-order valence-corrected chi connectivity index (χ1v) is 8.43. The van der Waals surface area contributed by atoms with Gasteiger partial charge >= 0.3 is 0 Å². The minimum atomic E-state index is -3.55. The normalized spacial score (nSPS) is 25.6. The Morgan fingerprint density at radius 3 is 2.56 bits per heavy atom. The van der Waals surface area contributed by atoms with Gasteiger partial charge in [0.05, 0.1) is 10.5 Å². The van der Waals surface area contributed by atoms with Crippen LogP contribution in [-0.2, 0) is 10.0 Å². The van der Waals surface area contributed by atoms with Crippen LogP contribution in [0.3, 0.4) is 0 Å². The summed E-state index contributed by atoms with van der Waals surface area (Å²) in [6.45, 7) is 2.13. The highest BCUT2D eigenvalue weighted by Gasteiger charge is 2.39. The Bertz CT molecular complexity index is 572. The summed E-state index contributed by atoms with van der Waals surface area (Å²) in [5.74, 6) is 0. The summed E-state index contributed by atoms with van der Waals surface area (Å²) in [5, 5.41) is 9.86. The molecule has 100 valence electrons. The highest BCUT2D eigenvalue weighted by atomic mass is 79.9. The molecule has 18 heavy (non-hydrogen) atoms. The van der Waals surface area contributed by atoms with Gasteiger partial charge in [0.2, 0.25) is 10.0 Å². The molecule has 0 radical (unpaired) electrons. The van der Waals surface area contributed by atoms with Gasteiger partial charge in [0.1, 0.15) is 0 Å². The van der Waals surface area contributed by atoms with Crippen molar-refractivity contribution in [3.05, 3.63) is 27.1 Å². The minimum absolute atomic E-state index is 0.137. The van der Waals surface area contributed by atoms with Gasteiger partial charge in [0, 0.05) is 22.0 Å². The summed E-state index contributed by atoms with van der Waals surface area (Å²) in [6, 6.07) is 4.93. The van der Waals surface area contributed by atoms with E-state index in [1.807, 2.05) is 0 Å². The van der Waals surface area contributed by atoms with E-state index in [0.29, 0.717) is 17.4 Å². The first kappa shape index (κ1) is 14.5. The molecule has 4 nitrogen and oxygen atoms in total. The number of sulfonamides is 1. The number of halogens is 2. The van der Waals surface area contributed by atoms with Crippen LogP contribution >= 0.6 is 31.9 Å². The summed E-state index contributed by atoms with van der Waals surface area (Å²) in [7, 11) is -3.55. The Hall–Kier alpha value is 0.0500. The Morgan fingerprint density at radius 2 is 2.06 bits per heavy atom. The van der Waals surface area contributed by atoms with Gasteiger partial charge in [0.15, 0.2) is 0 Å². The lowest BCUT2D eigenvalue weighted by Crippen LogP contribution is -2.34. The molecule has 1 heterocycles. The molecule has 1 N–H and O–H groups in total. The zero-order valence-corrected chi connectivity index (χ0v) is 13.7. The molecule has 1 aromatic carbocycles. The van der Waals surface area contributed by atoms with Crippen LogP contribution in [0.4, 0.5) is 0 Å². The molecule has 1 aliphatic heterocycles. The van der Waals surface area contributed by atoms with E-state index >= 15 is 0 Å². The fraction of sp³-hybridized carbons (Fsp3) is 0.455. The fourth-order valence-electron chi connectivity index (χ4n) is 1.93. The SMILES string of the molecule is CC1(O)CCN(S(=O)(=O)c2ccc(Br)cc2Br)C1. The number of benzene rings is 1. The van der Waals surface area contributed by atoms with Gasteiger partial charge in [0.25, 0.3) is 0 Å². The second-order valence-electron chi connectivity index (χ2n) is 4.66. The molecule has 0 amide bonds. The van der Waals surface area contributed by atoms with Gasteiger partial charge in [-0.25, -0.2) is 8.42 Å². The second-order valence-corrected chi connectivity index (χ2v) is 8.34. The maximum atomic E-state index is 12.4. The average Bonchev–Trinajstić information content (AvgIpc) is 2.58. The molecule has 1 saturated heterocycles. The van der Waals surface area contributed by atoms with Crippen LogP contribution in [0.5, 0.6) is 0 Å². The Balaban J connectivity index is 2.38. The van der Waals surface area contributed by atoms with Crippen LogP contribution in [0, 0.1) is 0 Å². The number of nitrogens with zero attached hydrogens (tertiary/aromatic N) is 1. The van der Waals surface area contributed by atoms with E-state index in [0.717, 1.165) is 4.47 Å². The average molecular weight is 399 g/mol. The van der Waals surface area contributed by atoms with Gasteiger partial charge < -0.3 is 5.11 Å². The molecule has 0 spiro atoms. The van der Waals surface area contributed by atoms with Crippen molar-refractivity contribution in [3.63, 3.8) is 0 Å². The van der Waals surface area contributed by atoms with E-state index in [1.54, 1.807) is 25.1 Å². The largest absolute Gasteiger partial charge is 0.389 e. The lowest BCUT2D eigenvalue weighted by Gasteiger charge is -2.19. The van der Waals surface area contributed by atoms with Crippen LogP contribution in [0.1, 0.15) is 13.3 Å². The second kappa shape index (κ2) is 4.86. The zero-order valence-electron chi connectivity index (χ0n) is 9.73. The maximum Gasteiger partial charge on any atom is 0.244 e. The molecule has 0 aliphatic carbocycles. The van der Waals surface area contributed by atoms with Gasteiger partial charge in [-0.2, -0.15) is 4.31 Å². The van der Waals surface area contributed by atoms with Crippen LogP contribution in [-0.4, -0.2) is 36.5 Å². The highest BCUT2D eigenvalue weighted by Crippen LogP contribution is 2.31. The molecule has 0 saturated carbocycles. The zero-order chi connectivity index (χ0) is 13.6. The molecule has 1 fully saturated rings. The number of aliphatic hydroxyl groups is 1. The summed E-state index contributed by atoms with van der Waals surface area (Å²) in [5.41, 5.74) is -0.936. The third-order valence-corrected chi connectivity index (χ3v) is 6.24. The standard InChI is InChI=1S/C11H13Br2NO3S/c1-11(15)4-5-14(7-11)18(16,17)10-3-2-8(12)6-9(10)13/h2-3,6,15H,4-5,7H2,1H3. The highest BCUT2D eigenvalue weighted by molar-refractivity contribution is 9.11. The van der Waals surface area contributed by atoms with Crippen LogP contribution in [0.25, 0.3) is 0 Å². The van der Waals surface area contributed by atoms with E-state index in [1.165, 1.54) is 4.31 Å². The summed E-state index contributed by atoms with van der Waals surface area (Å²) >= 11 is 6.55. The molecule has 2 rings (SSSR count). The van der Waals surface area contributed by atoms with Gasteiger partial charge in [-0.3, -0.25) is 0 Å². The Morgan fingerprint density at radius 1 is 1.39 bits per heavy atom. The Kier molecular flexibility index (Phi) is 3.91. The van der Waals surface area contributed by atoms with Crippen molar-refractivity contribution in [3.8, 4) is 0 Å². The van der Waals surface area contributed by atoms with E-state index in [9.17, 15) is 13.5 Å². The quantitative estimate of drug-likeness (QED) is 0.831. The minimum Gasteiger partial charge on any atom is -0.389 e. The van der Waals surface area contributed by atoms with E-state index in [-0.39, 0.29) is 11.4 Å². The maximum absolute atomic E-state index is 12.4. The lowest BCUT2D eigenvalue weighted by molar-refractivity contribution is 0.0762. The van der Waals surface area contributed by atoms with Crippen molar-refractivity contribution < 1.29 is 13.5 Å². The molecule has 1 aromatic rings. The molecular weight excluding hydrogens is 386 g/mol. The van der Waals surface area contributed by atoms with Crippen molar-refractivity contribution in [2.45, 2.75) is 23.8 Å². The number of rotatable bonds is 2. The first-order valence-electron chi connectivity index (χ1n) is 5.40. The van der Waals surface area contributed by atoms with Crippen molar-refractivity contribution >= 4 is 41.9 Å². The number of hydrogen-bond donors (Lipinski definition) is 1. The predicted molar refractivity (Wildman–Crippen MR) is 75.8 cm³/mol. The summed E-state index contributed by atoms with van der Waals surface area (Å²) in [4.78, 5) is 0.225. The van der Waals surface area contributed by atoms with Gasteiger partial charge in [-0.15, -0.1) is 0 Å². The number of hydrogen-bond acceptors (Lipinski definition) is 3. The van der Waals surface area contributed by atoms with Crippen LogP contribution < -0.4 is 0 Å². The molecule has 1 unspecified atom stereocenters. The third-order valence-electron chi connectivity index (χ3n) is 2.93. The lowest BCUT2D eigenvalue weighted by atomic mass is 10.1. The predicted octanol–water partition coefficient (Wildman–Crippen LogP) is 2.36. The summed E-state index contributed by atoms with van der Waals surface area (Å²) < 4.78 is 27.5. The van der Waals surface area contributed by atoms with Crippen molar-refractivity contribution in [2.75, 3.05) is 13.1 Å². The third kappa shape index (κ3) is 2.80. The van der Waals surface area contributed by atoms with E-state index in [2.05, 4.69) is 31.9 Å². The topological polar surface area (TPSA) is 57.6 Å².